The van der Waals surface area contributed by atoms with Crippen molar-refractivity contribution in [2.75, 3.05) is 5.75 Å². The fraction of sp³-hybridized carbons (Fsp3) is 0.240. The molecule has 34 heavy (non-hydrogen) atoms. The molecular formula is C25H22F4O4S. The lowest BCUT2D eigenvalue weighted by Gasteiger charge is -2.19. The number of carbonyl (C=O) groups is 1. The highest BCUT2D eigenvalue weighted by Crippen LogP contribution is 2.39. The van der Waals surface area contributed by atoms with E-state index in [1.807, 2.05) is 12.1 Å². The molecule has 9 heteroatoms. The van der Waals surface area contributed by atoms with Crippen LogP contribution in [0.25, 0.3) is 0 Å². The van der Waals surface area contributed by atoms with Gasteiger partial charge in [-0.25, -0.2) is 4.39 Å². The number of halogens is 4. The summed E-state index contributed by atoms with van der Waals surface area (Å²) < 4.78 is 64.2. The predicted molar refractivity (Wildman–Crippen MR) is 121 cm³/mol. The maximum Gasteiger partial charge on any atom is 0.416 e. The smallest absolute Gasteiger partial charge is 0.416 e. The van der Waals surface area contributed by atoms with Crippen molar-refractivity contribution < 1.29 is 36.9 Å². The van der Waals surface area contributed by atoms with Crippen molar-refractivity contribution in [3.63, 3.8) is 0 Å². The number of rotatable bonds is 10. The Morgan fingerprint density at radius 1 is 1.03 bits per heavy atom. The van der Waals surface area contributed by atoms with Crippen LogP contribution in [0.1, 0.15) is 24.5 Å². The first kappa shape index (κ1) is 25.4. The number of aliphatic carboxylic acids is 1. The summed E-state index contributed by atoms with van der Waals surface area (Å²) in [7, 11) is 0. The Bertz CT molecular complexity index is 1120. The molecule has 3 aromatic carbocycles. The van der Waals surface area contributed by atoms with E-state index in [1.54, 1.807) is 19.1 Å². The topological polar surface area (TPSA) is 55.8 Å². The minimum atomic E-state index is -4.56. The molecule has 1 unspecified atom stereocenters. The van der Waals surface area contributed by atoms with Crippen molar-refractivity contribution in [3.05, 3.63) is 83.7 Å². The monoisotopic (exact) mass is 494 g/mol. The van der Waals surface area contributed by atoms with E-state index in [4.69, 9.17) is 14.6 Å². The number of hydrogen-bond donors (Lipinski definition) is 1. The van der Waals surface area contributed by atoms with Crippen molar-refractivity contribution in [2.45, 2.75) is 36.9 Å². The third kappa shape index (κ3) is 7.69. The highest BCUT2D eigenvalue weighted by Gasteiger charge is 2.31. The average molecular weight is 495 g/mol. The van der Waals surface area contributed by atoms with E-state index < -0.39 is 23.5 Å². The largest absolute Gasteiger partial charge is 0.487 e. The van der Waals surface area contributed by atoms with Crippen LogP contribution in [0.2, 0.25) is 0 Å². The van der Waals surface area contributed by atoms with Gasteiger partial charge in [0.25, 0.3) is 0 Å². The van der Waals surface area contributed by atoms with Crippen molar-refractivity contribution in [3.8, 4) is 17.2 Å². The maximum atomic E-state index is 13.2. The lowest BCUT2D eigenvalue weighted by Crippen LogP contribution is -2.14. The van der Waals surface area contributed by atoms with Gasteiger partial charge in [0.1, 0.15) is 11.6 Å². The van der Waals surface area contributed by atoms with E-state index in [1.165, 1.54) is 30.0 Å². The summed E-state index contributed by atoms with van der Waals surface area (Å²) in [5.41, 5.74) is -0.185. The zero-order valence-electron chi connectivity index (χ0n) is 18.1. The Hall–Kier alpha value is -3.20. The molecular weight excluding hydrogens is 472 g/mol. The molecule has 0 heterocycles. The van der Waals surface area contributed by atoms with Crippen LogP contribution in [0.5, 0.6) is 17.2 Å². The minimum absolute atomic E-state index is 0.0569. The van der Waals surface area contributed by atoms with E-state index in [0.717, 1.165) is 29.2 Å². The van der Waals surface area contributed by atoms with Gasteiger partial charge in [-0.05, 0) is 73.5 Å². The molecule has 0 radical (unpaired) electrons. The van der Waals surface area contributed by atoms with E-state index in [-0.39, 0.29) is 29.8 Å². The molecule has 0 bridgehead atoms. The Labute approximate surface area is 198 Å². The number of benzene rings is 3. The van der Waals surface area contributed by atoms with Crippen LogP contribution in [-0.2, 0) is 17.4 Å². The molecule has 0 spiro atoms. The second-order valence-corrected chi connectivity index (χ2v) is 8.67. The van der Waals surface area contributed by atoms with Crippen molar-refractivity contribution in [1.29, 1.82) is 0 Å². The SMILES string of the molecule is CC(CCSc1cccc(CC(=O)O)c1)Oc1ccc(C(F)(F)F)cc1Oc1ccc(F)cc1. The molecule has 0 saturated carbocycles. The van der Waals surface area contributed by atoms with Crippen molar-refractivity contribution in [1.82, 2.24) is 0 Å². The van der Waals surface area contributed by atoms with Gasteiger partial charge in [-0.3, -0.25) is 4.79 Å². The van der Waals surface area contributed by atoms with Gasteiger partial charge in [0.15, 0.2) is 11.5 Å². The van der Waals surface area contributed by atoms with Crippen LogP contribution in [0.3, 0.4) is 0 Å². The van der Waals surface area contributed by atoms with Crippen molar-refractivity contribution in [2.24, 2.45) is 0 Å². The highest BCUT2D eigenvalue weighted by molar-refractivity contribution is 7.99. The first-order valence-electron chi connectivity index (χ1n) is 10.3. The Morgan fingerprint density at radius 2 is 1.76 bits per heavy atom. The molecule has 3 aromatic rings. The fourth-order valence-corrected chi connectivity index (χ4v) is 4.12. The molecule has 180 valence electrons. The molecule has 0 saturated heterocycles. The third-order valence-electron chi connectivity index (χ3n) is 4.69. The molecule has 4 nitrogen and oxygen atoms in total. The van der Waals surface area contributed by atoms with Gasteiger partial charge in [-0.2, -0.15) is 13.2 Å². The summed E-state index contributed by atoms with van der Waals surface area (Å²) in [5, 5.41) is 8.92. The summed E-state index contributed by atoms with van der Waals surface area (Å²) in [4.78, 5) is 11.8. The van der Waals surface area contributed by atoms with Crippen LogP contribution < -0.4 is 9.47 Å². The van der Waals surface area contributed by atoms with Gasteiger partial charge in [0.05, 0.1) is 18.1 Å². The molecule has 0 aliphatic heterocycles. The van der Waals surface area contributed by atoms with Crippen LogP contribution in [0.4, 0.5) is 17.6 Å². The number of alkyl halides is 3. The molecule has 0 aliphatic rings. The summed E-state index contributed by atoms with van der Waals surface area (Å²) in [6, 6.07) is 15.1. The Balaban J connectivity index is 1.66. The van der Waals surface area contributed by atoms with Gasteiger partial charge in [0.2, 0.25) is 0 Å². The van der Waals surface area contributed by atoms with E-state index in [2.05, 4.69) is 0 Å². The molecule has 1 atom stereocenters. The van der Waals surface area contributed by atoms with Gasteiger partial charge < -0.3 is 14.6 Å². The minimum Gasteiger partial charge on any atom is -0.487 e. The second-order valence-electron chi connectivity index (χ2n) is 7.50. The molecule has 0 aliphatic carbocycles. The van der Waals surface area contributed by atoms with Crippen LogP contribution in [0.15, 0.2) is 71.6 Å². The zero-order chi connectivity index (χ0) is 24.7. The number of carboxylic acid groups (broad SMARTS) is 1. The van der Waals surface area contributed by atoms with Crippen LogP contribution in [0, 0.1) is 5.82 Å². The summed E-state index contributed by atoms with van der Waals surface area (Å²) in [6.07, 6.45) is -4.39. The van der Waals surface area contributed by atoms with E-state index in [0.29, 0.717) is 17.7 Å². The number of carboxylic acids is 1. The summed E-state index contributed by atoms with van der Waals surface area (Å²) in [6.45, 7) is 1.79. The molecule has 1 N–H and O–H groups in total. The third-order valence-corrected chi connectivity index (χ3v) is 5.71. The second kappa shape index (κ2) is 11.3. The summed E-state index contributed by atoms with van der Waals surface area (Å²) in [5.74, 6) is -0.561. The standard InChI is InChI=1S/C25H22F4O4S/c1-16(11-12-34-21-4-2-3-17(13-21)14-24(30)31)32-22-10-5-18(25(27,28)29)15-23(22)33-20-8-6-19(26)7-9-20/h2-10,13,15-16H,11-12,14H2,1H3,(H,30,31). The predicted octanol–water partition coefficient (Wildman–Crippen LogP) is 7.21. The van der Waals surface area contributed by atoms with Gasteiger partial charge in [-0.15, -0.1) is 11.8 Å². The lowest BCUT2D eigenvalue weighted by atomic mass is 10.2. The summed E-state index contributed by atoms with van der Waals surface area (Å²) >= 11 is 1.53. The average Bonchev–Trinajstić information content (AvgIpc) is 2.75. The molecule has 3 rings (SSSR count). The first-order valence-corrected chi connectivity index (χ1v) is 11.3. The van der Waals surface area contributed by atoms with E-state index in [9.17, 15) is 22.4 Å². The maximum absolute atomic E-state index is 13.2. The zero-order valence-corrected chi connectivity index (χ0v) is 19.0. The van der Waals surface area contributed by atoms with Gasteiger partial charge in [0, 0.05) is 10.6 Å². The Morgan fingerprint density at radius 3 is 2.44 bits per heavy atom. The quantitative estimate of drug-likeness (QED) is 0.238. The number of thioether (sulfide) groups is 1. The highest BCUT2D eigenvalue weighted by atomic mass is 32.2. The first-order chi connectivity index (χ1) is 16.1. The van der Waals surface area contributed by atoms with Crippen LogP contribution >= 0.6 is 11.8 Å². The van der Waals surface area contributed by atoms with Gasteiger partial charge >= 0.3 is 12.1 Å². The molecule has 0 aromatic heterocycles. The number of hydrogen-bond acceptors (Lipinski definition) is 4. The molecule has 0 fully saturated rings. The fourth-order valence-electron chi connectivity index (χ4n) is 3.03. The van der Waals surface area contributed by atoms with Gasteiger partial charge in [-0.1, -0.05) is 12.1 Å². The van der Waals surface area contributed by atoms with Crippen molar-refractivity contribution >= 4 is 17.7 Å². The molecule has 0 amide bonds. The van der Waals surface area contributed by atoms with Crippen LogP contribution in [-0.4, -0.2) is 22.9 Å². The number of ether oxygens (including phenoxy) is 2. The normalized spacial score (nSPS) is 12.3. The van der Waals surface area contributed by atoms with E-state index >= 15 is 0 Å². The lowest BCUT2D eigenvalue weighted by molar-refractivity contribution is -0.138. The Kier molecular flexibility index (Phi) is 8.44.